The molecule has 3 rings (SSSR count). The molecule has 0 atom stereocenters. The third-order valence-corrected chi connectivity index (χ3v) is 5.87. The van der Waals surface area contributed by atoms with Crippen LogP contribution >= 0.6 is 0 Å². The van der Waals surface area contributed by atoms with Gasteiger partial charge in [0.1, 0.15) is 0 Å². The molecule has 0 amide bonds. The molecule has 0 spiro atoms. The number of rotatable bonds is 10. The van der Waals surface area contributed by atoms with E-state index in [1.807, 2.05) is 6.08 Å². The third kappa shape index (κ3) is 7.24. The van der Waals surface area contributed by atoms with E-state index in [2.05, 4.69) is 128 Å². The summed E-state index contributed by atoms with van der Waals surface area (Å²) in [6.45, 7) is 4.68. The average Bonchev–Trinajstić information content (AvgIpc) is 2.86. The molecule has 0 bridgehead atoms. The molecular weight excluding hydrogens is 400 g/mol. The smallest absolute Gasteiger partial charge is 0.0361 e. The molecule has 3 aromatic rings. The van der Waals surface area contributed by atoms with Crippen LogP contribution in [0.1, 0.15) is 29.5 Å². The van der Waals surface area contributed by atoms with Gasteiger partial charge in [-0.05, 0) is 53.5 Å². The molecule has 33 heavy (non-hydrogen) atoms. The van der Waals surface area contributed by atoms with Gasteiger partial charge in [-0.25, -0.2) is 0 Å². The molecule has 0 saturated heterocycles. The van der Waals surface area contributed by atoms with Gasteiger partial charge in [-0.15, -0.1) is 6.42 Å². The van der Waals surface area contributed by atoms with Crippen molar-refractivity contribution in [2.45, 2.75) is 19.4 Å². The van der Waals surface area contributed by atoms with Crippen LogP contribution in [0.3, 0.4) is 0 Å². The maximum absolute atomic E-state index is 5.48. The zero-order valence-electron chi connectivity index (χ0n) is 20.0. The van der Waals surface area contributed by atoms with Gasteiger partial charge in [0.25, 0.3) is 0 Å². The molecule has 0 N–H and O–H groups in total. The van der Waals surface area contributed by atoms with Crippen molar-refractivity contribution in [3.8, 4) is 12.3 Å². The predicted octanol–water partition coefficient (Wildman–Crippen LogP) is 6.52. The Labute approximate surface area is 199 Å². The molecule has 0 aliphatic carbocycles. The van der Waals surface area contributed by atoms with Gasteiger partial charge < -0.3 is 4.90 Å². The summed E-state index contributed by atoms with van der Waals surface area (Å²) < 4.78 is 0. The molecule has 168 valence electrons. The minimum absolute atomic E-state index is 0.281. The summed E-state index contributed by atoms with van der Waals surface area (Å²) in [4.78, 5) is 4.65. The lowest BCUT2D eigenvalue weighted by molar-refractivity contribution is 0.280. The highest BCUT2D eigenvalue weighted by atomic mass is 15.1. The Balaban J connectivity index is 1.92. The Morgan fingerprint density at radius 3 is 1.94 bits per heavy atom. The fraction of sp³-hybridized carbons (Fsp3) is 0.226. The molecular formula is C31H34N2. The van der Waals surface area contributed by atoms with Crippen molar-refractivity contribution in [1.82, 2.24) is 4.90 Å². The number of hydrogen-bond acceptors (Lipinski definition) is 2. The van der Waals surface area contributed by atoms with Crippen LogP contribution < -0.4 is 4.90 Å². The van der Waals surface area contributed by atoms with Crippen LogP contribution in [0.25, 0.3) is 0 Å². The van der Waals surface area contributed by atoms with Gasteiger partial charge in [0, 0.05) is 45.3 Å². The Morgan fingerprint density at radius 1 is 0.879 bits per heavy atom. The van der Waals surface area contributed by atoms with Crippen molar-refractivity contribution in [2.75, 3.05) is 32.1 Å². The SMILES string of the molecule is C#C/C=C\C(=C/C)CN(Cc1ccc(N(C)C)cc1)CC(c1ccccc1)c1ccccc1. The van der Waals surface area contributed by atoms with Gasteiger partial charge in [0.05, 0.1) is 0 Å². The zero-order chi connectivity index (χ0) is 23.5. The highest BCUT2D eigenvalue weighted by Gasteiger charge is 2.19. The van der Waals surface area contributed by atoms with Crippen LogP contribution in [0, 0.1) is 12.3 Å². The van der Waals surface area contributed by atoms with Gasteiger partial charge in [0.15, 0.2) is 0 Å². The summed E-state index contributed by atoms with van der Waals surface area (Å²) in [6, 6.07) is 30.4. The van der Waals surface area contributed by atoms with E-state index in [4.69, 9.17) is 6.42 Å². The van der Waals surface area contributed by atoms with Crippen molar-refractivity contribution in [2.24, 2.45) is 0 Å². The lowest BCUT2D eigenvalue weighted by atomic mass is 9.90. The Morgan fingerprint density at radius 2 is 1.45 bits per heavy atom. The van der Waals surface area contributed by atoms with Crippen molar-refractivity contribution < 1.29 is 0 Å². The van der Waals surface area contributed by atoms with E-state index in [-0.39, 0.29) is 5.92 Å². The first-order valence-corrected chi connectivity index (χ1v) is 11.5. The number of nitrogens with zero attached hydrogens (tertiary/aromatic N) is 2. The van der Waals surface area contributed by atoms with Crippen molar-refractivity contribution in [3.63, 3.8) is 0 Å². The number of benzene rings is 3. The first-order chi connectivity index (χ1) is 16.1. The highest BCUT2D eigenvalue weighted by molar-refractivity contribution is 5.46. The fourth-order valence-electron chi connectivity index (χ4n) is 4.03. The van der Waals surface area contributed by atoms with Gasteiger partial charge in [-0.1, -0.05) is 84.8 Å². The van der Waals surface area contributed by atoms with Gasteiger partial charge in [-0.3, -0.25) is 4.90 Å². The van der Waals surface area contributed by atoms with Crippen LogP contribution in [0.2, 0.25) is 0 Å². The summed E-state index contributed by atoms with van der Waals surface area (Å²) in [6.07, 6.45) is 11.5. The number of allylic oxidation sites excluding steroid dienone is 2. The lowest BCUT2D eigenvalue weighted by Gasteiger charge is -2.29. The first kappa shape index (κ1) is 24.1. The summed E-state index contributed by atoms with van der Waals surface area (Å²) in [5.41, 5.74) is 6.40. The van der Waals surface area contributed by atoms with E-state index < -0.39 is 0 Å². The molecule has 0 unspecified atom stereocenters. The summed E-state index contributed by atoms with van der Waals surface area (Å²) in [5.74, 6) is 2.90. The number of anilines is 1. The maximum Gasteiger partial charge on any atom is 0.0361 e. The molecule has 0 radical (unpaired) electrons. The number of terminal acetylenes is 1. The van der Waals surface area contributed by atoms with Gasteiger partial charge in [-0.2, -0.15) is 0 Å². The number of hydrogen-bond donors (Lipinski definition) is 0. The van der Waals surface area contributed by atoms with Gasteiger partial charge >= 0.3 is 0 Å². The second-order valence-electron chi connectivity index (χ2n) is 8.47. The molecule has 2 heteroatoms. The van der Waals surface area contributed by atoms with Crippen molar-refractivity contribution >= 4 is 5.69 Å². The Kier molecular flexibility index (Phi) is 9.12. The second-order valence-corrected chi connectivity index (χ2v) is 8.47. The van der Waals surface area contributed by atoms with Crippen LogP contribution in [-0.2, 0) is 6.54 Å². The molecule has 3 aromatic carbocycles. The van der Waals surface area contributed by atoms with E-state index >= 15 is 0 Å². The molecule has 2 nitrogen and oxygen atoms in total. The van der Waals surface area contributed by atoms with Crippen molar-refractivity contribution in [3.05, 3.63) is 125 Å². The first-order valence-electron chi connectivity index (χ1n) is 11.5. The van der Waals surface area contributed by atoms with E-state index in [1.54, 1.807) is 6.08 Å². The topological polar surface area (TPSA) is 6.48 Å². The summed E-state index contributed by atoms with van der Waals surface area (Å²) >= 11 is 0. The highest BCUT2D eigenvalue weighted by Crippen LogP contribution is 2.27. The minimum Gasteiger partial charge on any atom is -0.378 e. The average molecular weight is 435 g/mol. The monoisotopic (exact) mass is 434 g/mol. The van der Waals surface area contributed by atoms with E-state index in [0.29, 0.717) is 0 Å². The molecule has 0 fully saturated rings. The van der Waals surface area contributed by atoms with Crippen LogP contribution in [-0.4, -0.2) is 32.1 Å². The van der Waals surface area contributed by atoms with Crippen LogP contribution in [0.4, 0.5) is 5.69 Å². The fourth-order valence-corrected chi connectivity index (χ4v) is 4.03. The maximum atomic E-state index is 5.48. The Hall–Kier alpha value is -3.54. The molecule has 0 heterocycles. The molecule has 0 saturated carbocycles. The van der Waals surface area contributed by atoms with E-state index in [0.717, 1.165) is 19.6 Å². The lowest BCUT2D eigenvalue weighted by Crippen LogP contribution is -2.30. The predicted molar refractivity (Wildman–Crippen MR) is 143 cm³/mol. The largest absolute Gasteiger partial charge is 0.378 e. The second kappa shape index (κ2) is 12.5. The summed E-state index contributed by atoms with van der Waals surface area (Å²) in [7, 11) is 4.14. The van der Waals surface area contributed by atoms with Crippen LogP contribution in [0.15, 0.2) is 109 Å². The van der Waals surface area contributed by atoms with E-state index in [9.17, 15) is 0 Å². The Bertz CT molecular complexity index is 1030. The minimum atomic E-state index is 0.281. The standard InChI is InChI=1S/C31H34N2/c1-5-7-14-26(6-2)23-33(24-27-19-21-30(22-20-27)32(3)4)25-31(28-15-10-8-11-16-28)29-17-12-9-13-18-29/h1,6-22,31H,23-25H2,2-4H3/b14-7-,26-6+. The molecule has 0 aliphatic rings. The normalized spacial score (nSPS) is 11.8. The molecule has 0 aliphatic heterocycles. The molecule has 0 aromatic heterocycles. The zero-order valence-corrected chi connectivity index (χ0v) is 20.0. The third-order valence-electron chi connectivity index (χ3n) is 5.87. The van der Waals surface area contributed by atoms with E-state index in [1.165, 1.54) is 28.0 Å². The van der Waals surface area contributed by atoms with Crippen molar-refractivity contribution in [1.29, 1.82) is 0 Å². The quantitative estimate of drug-likeness (QED) is 0.265. The van der Waals surface area contributed by atoms with Crippen LogP contribution in [0.5, 0.6) is 0 Å². The van der Waals surface area contributed by atoms with Gasteiger partial charge in [0.2, 0.25) is 0 Å². The summed E-state index contributed by atoms with van der Waals surface area (Å²) in [5, 5.41) is 0.